The maximum atomic E-state index is 13.4. The van der Waals surface area contributed by atoms with Gasteiger partial charge in [-0.2, -0.15) is 0 Å². The number of ether oxygens (including phenoxy) is 1. The Kier molecular flexibility index (Phi) is 7.35. The molecule has 2 fully saturated rings. The number of carbonyl (C=O) groups is 2. The van der Waals surface area contributed by atoms with Crippen LogP contribution in [0.5, 0.6) is 5.75 Å². The van der Waals surface area contributed by atoms with Gasteiger partial charge in [0, 0.05) is 10.8 Å². The highest BCUT2D eigenvalue weighted by atomic mass is 35.5. The van der Waals surface area contributed by atoms with Gasteiger partial charge in [-0.1, -0.05) is 36.2 Å². The number of likely N-dealkylation sites (tertiary alicyclic amines) is 1. The molecule has 8 heteroatoms. The quantitative estimate of drug-likeness (QED) is 0.364. The number of hydrogen-bond acceptors (Lipinski definition) is 6. The van der Waals surface area contributed by atoms with Crippen LogP contribution >= 0.6 is 22.9 Å². The van der Waals surface area contributed by atoms with E-state index >= 15 is 0 Å². The van der Waals surface area contributed by atoms with Crippen LogP contribution in [0, 0.1) is 17.8 Å². The molecule has 2 aliphatic heterocycles. The van der Waals surface area contributed by atoms with E-state index in [1.54, 1.807) is 12.1 Å². The number of aromatic hydroxyl groups is 1. The second kappa shape index (κ2) is 10.5. The summed E-state index contributed by atoms with van der Waals surface area (Å²) in [4.78, 5) is 29.0. The van der Waals surface area contributed by atoms with Crippen molar-refractivity contribution in [3.8, 4) is 5.75 Å². The number of rotatable bonds is 8. The van der Waals surface area contributed by atoms with Gasteiger partial charge in [0.1, 0.15) is 5.75 Å². The first-order valence-corrected chi connectivity index (χ1v) is 13.7. The molecule has 0 saturated carbocycles. The molecule has 0 bridgehead atoms. The largest absolute Gasteiger partial charge is 0.508 e. The Morgan fingerprint density at radius 1 is 1.25 bits per heavy atom. The third-order valence-electron chi connectivity index (χ3n) is 7.71. The number of phenols is 1. The minimum absolute atomic E-state index is 0.113. The van der Waals surface area contributed by atoms with Crippen LogP contribution in [0.25, 0.3) is 6.08 Å². The Balaban J connectivity index is 1.33. The minimum Gasteiger partial charge on any atom is -0.508 e. The van der Waals surface area contributed by atoms with Crippen molar-refractivity contribution in [2.45, 2.75) is 45.3 Å². The van der Waals surface area contributed by atoms with Gasteiger partial charge < -0.3 is 14.9 Å². The number of aliphatic hydroxyl groups is 1. The molecule has 0 spiro atoms. The summed E-state index contributed by atoms with van der Waals surface area (Å²) in [6.07, 6.45) is 4.63. The third-order valence-corrected chi connectivity index (χ3v) is 8.90. The summed E-state index contributed by atoms with van der Waals surface area (Å²) in [5.41, 5.74) is 3.93. The highest BCUT2D eigenvalue weighted by Crippen LogP contribution is 2.50. The van der Waals surface area contributed by atoms with Gasteiger partial charge in [-0.3, -0.25) is 14.5 Å². The molecule has 6 nitrogen and oxygen atoms in total. The van der Waals surface area contributed by atoms with Gasteiger partial charge in [0.2, 0.25) is 11.8 Å². The SMILES string of the molecule is CC/C(=C\c1ccc(O)cc1Cl)CC[C@H]1OC[C@H]2C1=C(CO)C[C@H]1C(=O)N(Cc3cccs3)C(=O)[C@H]12. The summed E-state index contributed by atoms with van der Waals surface area (Å²) in [5.74, 6) is -1.11. The van der Waals surface area contributed by atoms with Gasteiger partial charge in [-0.15, -0.1) is 11.3 Å². The Hall–Kier alpha value is -2.45. The van der Waals surface area contributed by atoms with Crippen molar-refractivity contribution in [1.82, 2.24) is 4.90 Å². The molecule has 3 aliphatic rings. The average molecular weight is 528 g/mol. The number of hydrogen-bond donors (Lipinski definition) is 2. The fourth-order valence-corrected chi connectivity index (χ4v) is 6.84. The van der Waals surface area contributed by atoms with Crippen LogP contribution in [-0.4, -0.2) is 46.2 Å². The fraction of sp³-hybridized carbons (Fsp3) is 0.429. The van der Waals surface area contributed by atoms with Crippen LogP contribution in [0.1, 0.15) is 43.0 Å². The molecule has 3 heterocycles. The van der Waals surface area contributed by atoms with Gasteiger partial charge in [-0.25, -0.2) is 0 Å². The summed E-state index contributed by atoms with van der Waals surface area (Å²) < 4.78 is 6.21. The minimum atomic E-state index is -0.418. The molecular weight excluding hydrogens is 498 g/mol. The molecule has 2 aromatic rings. The standard InChI is InChI=1S/C28H30ClNO5S/c1-2-16(10-17-6-7-19(32)12-23(17)29)5-8-24-25-18(14-31)11-21-26(22(25)15-35-24)28(34)30(27(21)33)13-20-4-3-9-36-20/h3-4,6-7,9-10,12,21-22,24,26,31-32H,2,5,8,11,13-15H2,1H3/b16-10+/t21-,22+,24-,26-/m1/s1. The van der Waals surface area contributed by atoms with Gasteiger partial charge in [-0.05, 0) is 72.0 Å². The molecule has 0 unspecified atom stereocenters. The van der Waals surface area contributed by atoms with Crippen molar-refractivity contribution in [2.24, 2.45) is 17.8 Å². The predicted octanol–water partition coefficient (Wildman–Crippen LogP) is 5.19. The lowest BCUT2D eigenvalue weighted by Gasteiger charge is -2.31. The molecular formula is C28H30ClNO5S. The second-order valence-electron chi connectivity index (χ2n) is 9.72. The third kappa shape index (κ3) is 4.65. The van der Waals surface area contributed by atoms with E-state index in [0.717, 1.165) is 40.8 Å². The zero-order valence-electron chi connectivity index (χ0n) is 20.2. The molecule has 0 radical (unpaired) electrons. The number of fused-ring (bicyclic) bond motifs is 3. The normalized spacial score (nSPS) is 26.1. The molecule has 36 heavy (non-hydrogen) atoms. The summed E-state index contributed by atoms with van der Waals surface area (Å²) in [7, 11) is 0. The number of aliphatic hydroxyl groups excluding tert-OH is 1. The average Bonchev–Trinajstić information content (AvgIpc) is 3.59. The summed E-state index contributed by atoms with van der Waals surface area (Å²) in [6, 6.07) is 8.81. The Morgan fingerprint density at radius 2 is 2.08 bits per heavy atom. The fourth-order valence-electron chi connectivity index (χ4n) is 5.92. The first-order valence-electron chi connectivity index (χ1n) is 12.4. The van der Waals surface area contributed by atoms with E-state index in [1.165, 1.54) is 27.9 Å². The van der Waals surface area contributed by atoms with Crippen LogP contribution < -0.4 is 0 Å². The molecule has 1 aromatic carbocycles. The number of benzene rings is 1. The van der Waals surface area contributed by atoms with E-state index in [-0.39, 0.29) is 36.2 Å². The molecule has 4 atom stereocenters. The van der Waals surface area contributed by atoms with E-state index in [4.69, 9.17) is 16.3 Å². The Bertz CT molecular complexity index is 1220. The number of allylic oxidation sites excluding steroid dienone is 1. The van der Waals surface area contributed by atoms with E-state index in [0.29, 0.717) is 24.6 Å². The van der Waals surface area contributed by atoms with Crippen molar-refractivity contribution in [2.75, 3.05) is 13.2 Å². The highest BCUT2D eigenvalue weighted by molar-refractivity contribution is 7.09. The maximum Gasteiger partial charge on any atom is 0.234 e. The monoisotopic (exact) mass is 527 g/mol. The molecule has 190 valence electrons. The van der Waals surface area contributed by atoms with Crippen molar-refractivity contribution < 1.29 is 24.5 Å². The lowest BCUT2D eigenvalue weighted by atomic mass is 9.69. The maximum absolute atomic E-state index is 13.4. The number of halogens is 1. The zero-order chi connectivity index (χ0) is 25.4. The van der Waals surface area contributed by atoms with Crippen LogP contribution in [0.2, 0.25) is 5.02 Å². The molecule has 2 amide bonds. The van der Waals surface area contributed by atoms with Crippen molar-refractivity contribution >= 4 is 40.8 Å². The van der Waals surface area contributed by atoms with Crippen LogP contribution in [0.4, 0.5) is 0 Å². The lowest BCUT2D eigenvalue weighted by molar-refractivity contribution is -0.140. The number of thiophene rings is 1. The summed E-state index contributed by atoms with van der Waals surface area (Å²) in [6.45, 7) is 2.67. The predicted molar refractivity (Wildman–Crippen MR) is 139 cm³/mol. The van der Waals surface area contributed by atoms with E-state index in [2.05, 4.69) is 6.92 Å². The molecule has 1 aromatic heterocycles. The van der Waals surface area contributed by atoms with Crippen molar-refractivity contribution in [3.05, 3.63) is 67.9 Å². The molecule has 1 aliphatic carbocycles. The molecule has 5 rings (SSSR count). The van der Waals surface area contributed by atoms with Crippen LogP contribution in [-0.2, 0) is 20.9 Å². The zero-order valence-corrected chi connectivity index (χ0v) is 21.7. The number of nitrogens with zero attached hydrogens (tertiary/aromatic N) is 1. The second-order valence-corrected chi connectivity index (χ2v) is 11.2. The highest BCUT2D eigenvalue weighted by Gasteiger charge is 2.56. The Labute approximate surface area is 219 Å². The van der Waals surface area contributed by atoms with E-state index in [1.807, 2.05) is 23.6 Å². The smallest absolute Gasteiger partial charge is 0.234 e. The summed E-state index contributed by atoms with van der Waals surface area (Å²) >= 11 is 7.83. The topological polar surface area (TPSA) is 87.1 Å². The molecule has 2 N–H and O–H groups in total. The van der Waals surface area contributed by atoms with Crippen LogP contribution in [0.3, 0.4) is 0 Å². The van der Waals surface area contributed by atoms with Crippen LogP contribution in [0.15, 0.2) is 52.4 Å². The number of amides is 2. The van der Waals surface area contributed by atoms with E-state index in [9.17, 15) is 19.8 Å². The van der Waals surface area contributed by atoms with E-state index < -0.39 is 11.8 Å². The Morgan fingerprint density at radius 3 is 2.78 bits per heavy atom. The number of phenolic OH excluding ortho intramolecular Hbond substituents is 1. The first-order chi connectivity index (χ1) is 17.4. The van der Waals surface area contributed by atoms with Gasteiger partial charge in [0.25, 0.3) is 0 Å². The lowest BCUT2D eigenvalue weighted by Crippen LogP contribution is -2.34. The van der Waals surface area contributed by atoms with Crippen molar-refractivity contribution in [3.63, 3.8) is 0 Å². The first kappa shape index (κ1) is 25.2. The van der Waals surface area contributed by atoms with Crippen molar-refractivity contribution in [1.29, 1.82) is 0 Å². The number of imide groups is 1. The number of carbonyl (C=O) groups excluding carboxylic acids is 2. The summed E-state index contributed by atoms with van der Waals surface area (Å²) in [5, 5.41) is 22.3. The molecule has 2 saturated heterocycles. The van der Waals surface area contributed by atoms with Gasteiger partial charge >= 0.3 is 0 Å². The van der Waals surface area contributed by atoms with Gasteiger partial charge in [0.15, 0.2) is 0 Å². The van der Waals surface area contributed by atoms with Gasteiger partial charge in [0.05, 0.1) is 42.7 Å².